The first-order chi connectivity index (χ1) is 14.6. The molecule has 0 aliphatic heterocycles. The van der Waals surface area contributed by atoms with Gasteiger partial charge in [-0.15, -0.1) is 10.2 Å². The summed E-state index contributed by atoms with van der Waals surface area (Å²) >= 11 is 0. The van der Waals surface area contributed by atoms with Crippen molar-refractivity contribution in [3.05, 3.63) is 53.4 Å². The van der Waals surface area contributed by atoms with Crippen LogP contribution >= 0.6 is 0 Å². The zero-order chi connectivity index (χ0) is 20.9. The first-order valence-corrected chi connectivity index (χ1v) is 9.15. The second-order valence-electron chi connectivity index (χ2n) is 6.68. The van der Waals surface area contributed by atoms with Gasteiger partial charge in [0.1, 0.15) is 36.9 Å². The van der Waals surface area contributed by atoms with Gasteiger partial charge in [-0.25, -0.2) is 0 Å². The third kappa shape index (κ3) is 4.71. The van der Waals surface area contributed by atoms with Gasteiger partial charge in [-0.2, -0.15) is 15.4 Å². The Kier molecular flexibility index (Phi) is 5.54. The molecule has 156 valence electrons. The van der Waals surface area contributed by atoms with E-state index in [1.54, 1.807) is 42.0 Å². The summed E-state index contributed by atoms with van der Waals surface area (Å²) in [6, 6.07) is 3.76. The van der Waals surface area contributed by atoms with Crippen LogP contribution in [0, 0.1) is 6.92 Å². The molecule has 0 bridgehead atoms. The van der Waals surface area contributed by atoms with E-state index in [9.17, 15) is 0 Å². The van der Waals surface area contributed by atoms with Crippen LogP contribution in [-0.2, 0) is 33.9 Å². The minimum absolute atomic E-state index is 0.197. The number of hydrogen-bond acceptors (Lipinski definition) is 9. The number of H-pyrrole nitrogens is 1. The maximum absolute atomic E-state index is 6.00. The molecule has 3 heterocycles. The standard InChI is InChI=1S/C18H21N9O3/c1-12-4-16(28-10-14-7-26(2)24-21-14)18(30-9-13-6-19-23-20-13)17(5-12)29-11-15-8-27(3)25-22-15/h4-8H,9-11H2,1-3H3,(H,19,20,23). The van der Waals surface area contributed by atoms with Crippen molar-refractivity contribution in [2.24, 2.45) is 14.1 Å². The van der Waals surface area contributed by atoms with Gasteiger partial charge in [0.25, 0.3) is 0 Å². The summed E-state index contributed by atoms with van der Waals surface area (Å²) in [6.07, 6.45) is 5.17. The number of rotatable bonds is 9. The van der Waals surface area contributed by atoms with Crippen molar-refractivity contribution < 1.29 is 14.2 Å². The van der Waals surface area contributed by atoms with Crippen LogP contribution in [0.5, 0.6) is 17.2 Å². The average Bonchev–Trinajstić information content (AvgIpc) is 3.46. The second-order valence-corrected chi connectivity index (χ2v) is 6.68. The van der Waals surface area contributed by atoms with Crippen LogP contribution in [0.4, 0.5) is 0 Å². The summed E-state index contributed by atoms with van der Waals surface area (Å²) in [5.74, 6) is 1.51. The van der Waals surface area contributed by atoms with Gasteiger partial charge in [-0.05, 0) is 24.6 Å². The number of aryl methyl sites for hydroxylation is 3. The number of nitrogens with zero attached hydrogens (tertiary/aromatic N) is 8. The number of aromatic amines is 1. The predicted octanol–water partition coefficient (Wildman–Crippen LogP) is 1.11. The van der Waals surface area contributed by atoms with Crippen LogP contribution in [0.25, 0.3) is 0 Å². The van der Waals surface area contributed by atoms with E-state index in [0.717, 1.165) is 5.56 Å². The van der Waals surface area contributed by atoms with E-state index < -0.39 is 0 Å². The number of hydrogen-bond donors (Lipinski definition) is 1. The molecule has 0 radical (unpaired) electrons. The molecule has 3 aromatic heterocycles. The Morgan fingerprint density at radius 3 is 1.87 bits per heavy atom. The van der Waals surface area contributed by atoms with Gasteiger partial charge in [0.15, 0.2) is 11.5 Å². The molecule has 1 aromatic carbocycles. The molecule has 0 fully saturated rings. The van der Waals surface area contributed by atoms with Crippen molar-refractivity contribution in [2.75, 3.05) is 0 Å². The van der Waals surface area contributed by atoms with Crippen LogP contribution in [-0.4, -0.2) is 45.4 Å². The summed E-state index contributed by atoms with van der Waals surface area (Å²) in [6.45, 7) is 2.62. The van der Waals surface area contributed by atoms with Crippen LogP contribution < -0.4 is 14.2 Å². The van der Waals surface area contributed by atoms with Crippen LogP contribution in [0.3, 0.4) is 0 Å². The van der Waals surface area contributed by atoms with E-state index in [1.807, 2.05) is 19.1 Å². The minimum Gasteiger partial charge on any atom is -0.483 e. The number of aromatic nitrogens is 9. The summed E-state index contributed by atoms with van der Waals surface area (Å²) in [4.78, 5) is 0. The number of benzene rings is 1. The summed E-state index contributed by atoms with van der Waals surface area (Å²) in [5.41, 5.74) is 2.99. The van der Waals surface area contributed by atoms with Crippen LogP contribution in [0.2, 0.25) is 0 Å². The van der Waals surface area contributed by atoms with Crippen molar-refractivity contribution in [1.82, 2.24) is 45.4 Å². The largest absolute Gasteiger partial charge is 0.483 e. The number of ether oxygens (including phenoxy) is 3. The van der Waals surface area contributed by atoms with Gasteiger partial charge in [-0.1, -0.05) is 10.4 Å². The molecule has 0 amide bonds. The molecule has 4 aromatic rings. The van der Waals surface area contributed by atoms with E-state index in [-0.39, 0.29) is 19.8 Å². The fraction of sp³-hybridized carbons (Fsp3) is 0.333. The average molecular weight is 411 g/mol. The van der Waals surface area contributed by atoms with Gasteiger partial charge >= 0.3 is 0 Å². The molecule has 0 saturated heterocycles. The maximum Gasteiger partial charge on any atom is 0.204 e. The lowest BCUT2D eigenvalue weighted by atomic mass is 10.2. The third-order valence-corrected chi connectivity index (χ3v) is 4.05. The van der Waals surface area contributed by atoms with Gasteiger partial charge in [-0.3, -0.25) is 9.36 Å². The normalized spacial score (nSPS) is 10.9. The van der Waals surface area contributed by atoms with E-state index in [2.05, 4.69) is 36.0 Å². The number of nitrogens with one attached hydrogen (secondary N) is 1. The van der Waals surface area contributed by atoms with Crippen molar-refractivity contribution in [1.29, 1.82) is 0 Å². The first-order valence-electron chi connectivity index (χ1n) is 9.15. The molecule has 0 aliphatic rings. The van der Waals surface area contributed by atoms with Gasteiger partial charge in [0.2, 0.25) is 5.75 Å². The third-order valence-electron chi connectivity index (χ3n) is 4.05. The van der Waals surface area contributed by atoms with Crippen molar-refractivity contribution >= 4 is 0 Å². The Labute approximate surface area is 171 Å². The lowest BCUT2D eigenvalue weighted by Crippen LogP contribution is -2.05. The minimum atomic E-state index is 0.197. The van der Waals surface area contributed by atoms with Gasteiger partial charge in [0, 0.05) is 14.1 Å². The zero-order valence-corrected chi connectivity index (χ0v) is 16.8. The highest BCUT2D eigenvalue weighted by molar-refractivity contribution is 5.53. The molecule has 30 heavy (non-hydrogen) atoms. The molecule has 12 nitrogen and oxygen atoms in total. The SMILES string of the molecule is Cc1cc(OCc2cn(C)nn2)c(OCc2cn[nH]n2)c(OCc2cn(C)nn2)c1. The molecule has 0 spiro atoms. The van der Waals surface area contributed by atoms with Crippen LogP contribution in [0.1, 0.15) is 22.6 Å². The van der Waals surface area contributed by atoms with Crippen molar-refractivity contribution in [2.45, 2.75) is 26.7 Å². The molecular weight excluding hydrogens is 390 g/mol. The molecule has 0 saturated carbocycles. The van der Waals surface area contributed by atoms with E-state index >= 15 is 0 Å². The predicted molar refractivity (Wildman–Crippen MR) is 103 cm³/mol. The Morgan fingerprint density at radius 2 is 1.40 bits per heavy atom. The Hall–Kier alpha value is -3.96. The van der Waals surface area contributed by atoms with E-state index in [1.165, 1.54) is 0 Å². The highest BCUT2D eigenvalue weighted by Crippen LogP contribution is 2.40. The summed E-state index contributed by atoms with van der Waals surface area (Å²) in [7, 11) is 3.60. The molecule has 1 N–H and O–H groups in total. The second kappa shape index (κ2) is 8.59. The smallest absolute Gasteiger partial charge is 0.204 e. The topological polar surface area (TPSA) is 131 Å². The Bertz CT molecular complexity index is 1040. The van der Waals surface area contributed by atoms with Crippen LogP contribution in [0.15, 0.2) is 30.7 Å². The van der Waals surface area contributed by atoms with Crippen molar-refractivity contribution in [3.63, 3.8) is 0 Å². The Morgan fingerprint density at radius 1 is 0.833 bits per heavy atom. The molecule has 4 rings (SSSR count). The lowest BCUT2D eigenvalue weighted by molar-refractivity contribution is 0.226. The lowest BCUT2D eigenvalue weighted by Gasteiger charge is -2.17. The highest BCUT2D eigenvalue weighted by Gasteiger charge is 2.17. The van der Waals surface area contributed by atoms with E-state index in [0.29, 0.717) is 34.3 Å². The zero-order valence-electron chi connectivity index (χ0n) is 16.8. The maximum atomic E-state index is 6.00. The fourth-order valence-corrected chi connectivity index (χ4v) is 2.73. The summed E-state index contributed by atoms with van der Waals surface area (Å²) < 4.78 is 21.2. The van der Waals surface area contributed by atoms with E-state index in [4.69, 9.17) is 14.2 Å². The molecular formula is C18H21N9O3. The first kappa shape index (κ1) is 19.4. The summed E-state index contributed by atoms with van der Waals surface area (Å²) in [5, 5.41) is 26.3. The quantitative estimate of drug-likeness (QED) is 0.430. The Balaban J connectivity index is 1.57. The fourth-order valence-electron chi connectivity index (χ4n) is 2.73. The van der Waals surface area contributed by atoms with Crippen molar-refractivity contribution in [3.8, 4) is 17.2 Å². The van der Waals surface area contributed by atoms with Gasteiger partial charge in [0.05, 0.1) is 18.6 Å². The molecule has 0 aliphatic carbocycles. The molecule has 0 atom stereocenters. The highest BCUT2D eigenvalue weighted by atomic mass is 16.5. The molecule has 0 unspecified atom stereocenters. The van der Waals surface area contributed by atoms with Gasteiger partial charge < -0.3 is 14.2 Å². The molecule has 12 heteroatoms. The monoisotopic (exact) mass is 411 g/mol.